The van der Waals surface area contributed by atoms with Crippen molar-refractivity contribution >= 4 is 35.5 Å². The van der Waals surface area contributed by atoms with Crippen LogP contribution in [0.25, 0.3) is 0 Å². The molecule has 0 aromatic rings. The summed E-state index contributed by atoms with van der Waals surface area (Å²) < 4.78 is 6.79. The monoisotopic (exact) mass is 426 g/mol. The smallest absolute Gasteiger partial charge is 0.407 e. The second-order valence-corrected chi connectivity index (χ2v) is 11.1. The number of aliphatic hydroxyl groups is 1. The molecular weight excluding hydrogens is 396 g/mol. The van der Waals surface area contributed by atoms with Gasteiger partial charge in [0.25, 0.3) is 0 Å². The molecule has 2 aliphatic carbocycles. The van der Waals surface area contributed by atoms with Gasteiger partial charge in [0.05, 0.1) is 11.6 Å². The third-order valence-corrected chi connectivity index (χ3v) is 8.01. The average Bonchev–Trinajstić information content (AvgIpc) is 3.01. The molecule has 4 atom stereocenters. The fourth-order valence-corrected chi connectivity index (χ4v) is 6.76. The average molecular weight is 427 g/mol. The van der Waals surface area contributed by atoms with Gasteiger partial charge in [0.1, 0.15) is 5.60 Å². The highest BCUT2D eigenvalue weighted by molar-refractivity contribution is 8.22. The molecule has 1 saturated heterocycles. The number of amides is 2. The van der Waals surface area contributed by atoms with E-state index >= 15 is 0 Å². The van der Waals surface area contributed by atoms with Gasteiger partial charge in [0.2, 0.25) is 5.91 Å². The van der Waals surface area contributed by atoms with Crippen molar-refractivity contribution in [1.29, 1.82) is 0 Å². The maximum Gasteiger partial charge on any atom is 0.407 e. The molecule has 2 unspecified atom stereocenters. The van der Waals surface area contributed by atoms with Gasteiger partial charge in [-0.05, 0) is 57.1 Å². The summed E-state index contributed by atoms with van der Waals surface area (Å²) in [6.45, 7) is 6.95. The summed E-state index contributed by atoms with van der Waals surface area (Å²) in [4.78, 5) is 24.3. The predicted octanol–water partition coefficient (Wildman–Crippen LogP) is 3.18. The number of alkyl carbamates (subject to hydrolysis) is 1. The van der Waals surface area contributed by atoms with Crippen molar-refractivity contribution in [2.24, 2.45) is 5.92 Å². The maximum absolute atomic E-state index is 12.5. The summed E-state index contributed by atoms with van der Waals surface area (Å²) >= 11 is 3.75. The number of hydrogen-bond acceptors (Lipinski definition) is 6. The molecule has 3 N–H and O–H groups in total. The number of hydrogen-bond donors (Lipinski definition) is 3. The second kappa shape index (κ2) is 8.32. The number of carbonyl (C=O) groups is 2. The van der Waals surface area contributed by atoms with Crippen LogP contribution >= 0.6 is 23.5 Å². The lowest BCUT2D eigenvalue weighted by Crippen LogP contribution is -2.66. The van der Waals surface area contributed by atoms with Crippen LogP contribution < -0.4 is 10.6 Å². The Bertz CT molecular complexity index is 693. The lowest BCUT2D eigenvalue weighted by molar-refractivity contribution is -0.122. The molecule has 0 aromatic carbocycles. The van der Waals surface area contributed by atoms with Crippen LogP contribution in [0, 0.1) is 5.92 Å². The van der Waals surface area contributed by atoms with E-state index in [4.69, 9.17) is 4.74 Å². The minimum absolute atomic E-state index is 0.130. The second-order valence-electron chi connectivity index (χ2n) is 8.63. The van der Waals surface area contributed by atoms with Crippen LogP contribution in [-0.4, -0.2) is 51.9 Å². The topological polar surface area (TPSA) is 87.7 Å². The van der Waals surface area contributed by atoms with Gasteiger partial charge < -0.3 is 20.5 Å². The molecule has 2 fully saturated rings. The molecule has 3 rings (SSSR count). The van der Waals surface area contributed by atoms with E-state index in [1.165, 1.54) is 23.2 Å². The number of rotatable bonds is 3. The predicted molar refractivity (Wildman–Crippen MR) is 114 cm³/mol. The van der Waals surface area contributed by atoms with Gasteiger partial charge in [0.15, 0.2) is 0 Å². The van der Waals surface area contributed by atoms with Crippen molar-refractivity contribution < 1.29 is 19.4 Å². The van der Waals surface area contributed by atoms with Crippen LogP contribution in [0.15, 0.2) is 22.0 Å². The van der Waals surface area contributed by atoms with E-state index in [0.717, 1.165) is 17.9 Å². The molecule has 0 bridgehead atoms. The van der Waals surface area contributed by atoms with Crippen molar-refractivity contribution in [3.63, 3.8) is 0 Å². The Morgan fingerprint density at radius 1 is 1.25 bits per heavy atom. The molecular formula is C20H30N2O4S2. The normalized spacial score (nSPS) is 32.7. The summed E-state index contributed by atoms with van der Waals surface area (Å²) in [6, 6.07) is -0.216. The maximum atomic E-state index is 12.5. The number of carbonyl (C=O) groups excluding carboxylic acids is 2. The van der Waals surface area contributed by atoms with E-state index in [0.29, 0.717) is 6.42 Å². The zero-order chi connectivity index (χ0) is 20.5. The molecule has 0 aromatic heterocycles. The van der Waals surface area contributed by atoms with Gasteiger partial charge in [-0.15, -0.1) is 23.5 Å². The van der Waals surface area contributed by atoms with E-state index < -0.39 is 23.3 Å². The van der Waals surface area contributed by atoms with E-state index in [2.05, 4.69) is 10.6 Å². The van der Waals surface area contributed by atoms with E-state index in [1.807, 2.05) is 50.4 Å². The SMILES string of the molecule is CC(=O)NC1([C@@H]2CC(=C3SCCCS3)C[C@H]2NC(=O)OC(C)(C)C)C=CC1O. The lowest BCUT2D eigenvalue weighted by atomic mass is 9.69. The summed E-state index contributed by atoms with van der Waals surface area (Å²) in [5.74, 6) is 1.90. The number of ether oxygens (including phenoxy) is 1. The summed E-state index contributed by atoms with van der Waals surface area (Å²) in [6.07, 6.45) is 4.97. The first-order chi connectivity index (χ1) is 13.1. The molecule has 3 aliphatic rings. The molecule has 8 heteroatoms. The van der Waals surface area contributed by atoms with E-state index in [-0.39, 0.29) is 17.9 Å². The summed E-state index contributed by atoms with van der Waals surface area (Å²) in [5, 5.41) is 16.5. The standard InChI is InChI=1S/C20H30N2O4S2/c1-12(23)22-20(7-6-16(20)24)14-10-13(17-27-8-5-9-28-17)11-15(14)21-18(25)26-19(2,3)4/h6-7,14-16,24H,5,8-11H2,1-4H3,(H,21,25)(H,22,23)/t14-,15-,16?,20?/m1/s1. The molecule has 2 amide bonds. The molecule has 156 valence electrons. The Morgan fingerprint density at radius 2 is 1.93 bits per heavy atom. The zero-order valence-corrected chi connectivity index (χ0v) is 18.5. The van der Waals surface area contributed by atoms with Crippen molar-refractivity contribution in [2.45, 2.75) is 70.2 Å². The van der Waals surface area contributed by atoms with Gasteiger partial charge in [-0.25, -0.2) is 4.79 Å². The molecule has 1 aliphatic heterocycles. The summed E-state index contributed by atoms with van der Waals surface area (Å²) in [7, 11) is 0. The van der Waals surface area contributed by atoms with Crippen LogP contribution in [0.1, 0.15) is 47.0 Å². The van der Waals surface area contributed by atoms with Crippen LogP contribution in [0.5, 0.6) is 0 Å². The first-order valence-corrected chi connectivity index (χ1v) is 11.7. The molecule has 6 nitrogen and oxygen atoms in total. The number of aliphatic hydroxyl groups excluding tert-OH is 1. The van der Waals surface area contributed by atoms with Gasteiger partial charge in [-0.3, -0.25) is 4.79 Å². The molecule has 1 heterocycles. The van der Waals surface area contributed by atoms with E-state index in [1.54, 1.807) is 6.08 Å². The lowest BCUT2D eigenvalue weighted by Gasteiger charge is -2.47. The van der Waals surface area contributed by atoms with Crippen molar-refractivity contribution in [2.75, 3.05) is 11.5 Å². The van der Waals surface area contributed by atoms with Gasteiger partial charge in [-0.2, -0.15) is 0 Å². The third-order valence-electron chi connectivity index (χ3n) is 5.21. The summed E-state index contributed by atoms with van der Waals surface area (Å²) in [5.41, 5.74) is -0.129. The largest absolute Gasteiger partial charge is 0.444 e. The highest BCUT2D eigenvalue weighted by Gasteiger charge is 2.54. The van der Waals surface area contributed by atoms with E-state index in [9.17, 15) is 14.7 Å². The quantitative estimate of drug-likeness (QED) is 0.601. The fourth-order valence-electron chi connectivity index (χ4n) is 4.06. The first kappa shape index (κ1) is 21.6. The van der Waals surface area contributed by atoms with Crippen LogP contribution in [0.2, 0.25) is 0 Å². The molecule has 0 spiro atoms. The fraction of sp³-hybridized carbons (Fsp3) is 0.700. The molecule has 0 radical (unpaired) electrons. The molecule has 1 saturated carbocycles. The minimum Gasteiger partial charge on any atom is -0.444 e. The Labute approximate surface area is 175 Å². The van der Waals surface area contributed by atoms with Crippen molar-refractivity contribution in [3.05, 3.63) is 22.0 Å². The minimum atomic E-state index is -0.849. The number of thioether (sulfide) groups is 2. The Kier molecular flexibility index (Phi) is 6.41. The number of nitrogens with one attached hydrogen (secondary N) is 2. The van der Waals surface area contributed by atoms with Crippen LogP contribution in [0.4, 0.5) is 4.79 Å². The van der Waals surface area contributed by atoms with Crippen molar-refractivity contribution in [1.82, 2.24) is 10.6 Å². The first-order valence-electron chi connectivity index (χ1n) is 9.74. The Morgan fingerprint density at radius 3 is 2.43 bits per heavy atom. The highest BCUT2D eigenvalue weighted by Crippen LogP contribution is 2.49. The zero-order valence-electron chi connectivity index (χ0n) is 16.9. The highest BCUT2D eigenvalue weighted by atomic mass is 32.2. The van der Waals surface area contributed by atoms with Crippen LogP contribution in [0.3, 0.4) is 0 Å². The van der Waals surface area contributed by atoms with Crippen molar-refractivity contribution in [3.8, 4) is 0 Å². The van der Waals surface area contributed by atoms with Gasteiger partial charge in [-0.1, -0.05) is 12.2 Å². The van der Waals surface area contributed by atoms with Crippen LogP contribution in [-0.2, 0) is 9.53 Å². The van der Waals surface area contributed by atoms with Gasteiger partial charge in [0, 0.05) is 23.1 Å². The Hall–Kier alpha value is -1.12. The Balaban J connectivity index is 1.86. The third kappa shape index (κ3) is 4.71. The van der Waals surface area contributed by atoms with Gasteiger partial charge >= 0.3 is 6.09 Å². The molecule has 28 heavy (non-hydrogen) atoms.